The summed E-state index contributed by atoms with van der Waals surface area (Å²) >= 11 is 0. The van der Waals surface area contributed by atoms with Crippen LogP contribution in [-0.4, -0.2) is 33.9 Å². The molecular weight excluding hydrogens is 256 g/mol. The lowest BCUT2D eigenvalue weighted by molar-refractivity contribution is -0.122. The summed E-state index contributed by atoms with van der Waals surface area (Å²) in [5.74, 6) is 0.792. The van der Waals surface area contributed by atoms with Crippen molar-refractivity contribution < 1.29 is 4.79 Å². The molecule has 3 N–H and O–H groups in total. The molecule has 7 heteroatoms. The van der Waals surface area contributed by atoms with Gasteiger partial charge in [0.15, 0.2) is 0 Å². The number of nitrogens with one attached hydrogen (secondary N) is 1. The van der Waals surface area contributed by atoms with Gasteiger partial charge in [-0.25, -0.2) is 9.97 Å². The Morgan fingerprint density at radius 3 is 3.15 bits per heavy atom. The van der Waals surface area contributed by atoms with E-state index in [0.29, 0.717) is 29.5 Å². The van der Waals surface area contributed by atoms with Gasteiger partial charge in [0.25, 0.3) is 0 Å². The smallest absolute Gasteiger partial charge is 0.225 e. The fourth-order valence-corrected chi connectivity index (χ4v) is 3.30. The van der Waals surface area contributed by atoms with Crippen molar-refractivity contribution in [3.63, 3.8) is 0 Å². The van der Waals surface area contributed by atoms with Crippen molar-refractivity contribution in [1.29, 1.82) is 5.26 Å². The summed E-state index contributed by atoms with van der Waals surface area (Å²) in [6.45, 7) is 1.33. The number of hydrogen-bond acceptors (Lipinski definition) is 5. The topological polar surface area (TPSA) is 112 Å². The van der Waals surface area contributed by atoms with Gasteiger partial charge >= 0.3 is 0 Å². The highest BCUT2D eigenvalue weighted by molar-refractivity contribution is 5.94. The fourth-order valence-electron chi connectivity index (χ4n) is 3.30. The molecule has 20 heavy (non-hydrogen) atoms. The van der Waals surface area contributed by atoms with E-state index in [9.17, 15) is 10.1 Å². The van der Waals surface area contributed by atoms with E-state index in [0.717, 1.165) is 18.4 Å². The van der Waals surface area contributed by atoms with Crippen LogP contribution < -0.4 is 10.6 Å². The summed E-state index contributed by atoms with van der Waals surface area (Å²) in [7, 11) is 0. The largest absolute Gasteiger partial charge is 0.369 e. The quantitative estimate of drug-likeness (QED) is 0.804. The first kappa shape index (κ1) is 11.2. The fraction of sp³-hybridized carbons (Fsp3) is 0.385. The average Bonchev–Trinajstić information content (AvgIpc) is 2.86. The molecule has 1 aliphatic carbocycles. The van der Waals surface area contributed by atoms with Crippen LogP contribution in [-0.2, 0) is 4.79 Å². The van der Waals surface area contributed by atoms with Crippen molar-refractivity contribution in [2.75, 3.05) is 18.0 Å². The Morgan fingerprint density at radius 2 is 2.45 bits per heavy atom. The Balaban J connectivity index is 1.79. The minimum Gasteiger partial charge on any atom is -0.369 e. The number of anilines is 1. The molecule has 4 rings (SSSR count). The van der Waals surface area contributed by atoms with Gasteiger partial charge in [-0.3, -0.25) is 4.79 Å². The second kappa shape index (κ2) is 3.48. The van der Waals surface area contributed by atoms with Crippen LogP contribution in [0.15, 0.2) is 12.5 Å². The van der Waals surface area contributed by atoms with E-state index in [2.05, 4.69) is 21.0 Å². The number of aromatic amines is 1. The first-order valence-electron chi connectivity index (χ1n) is 6.43. The molecule has 0 spiro atoms. The number of primary amides is 1. The van der Waals surface area contributed by atoms with Gasteiger partial charge in [-0.05, 0) is 12.3 Å². The number of nitrogens with zero attached hydrogens (tertiary/aromatic N) is 4. The second-order valence-corrected chi connectivity index (χ2v) is 5.54. The summed E-state index contributed by atoms with van der Waals surface area (Å²) in [5, 5.41) is 9.89. The van der Waals surface area contributed by atoms with Crippen LogP contribution in [0.3, 0.4) is 0 Å². The molecule has 3 heterocycles. The minimum absolute atomic E-state index is 0.232. The molecule has 2 fully saturated rings. The highest BCUT2D eigenvalue weighted by atomic mass is 16.1. The van der Waals surface area contributed by atoms with E-state index in [-0.39, 0.29) is 11.3 Å². The third-order valence-electron chi connectivity index (χ3n) is 4.51. The Bertz CT molecular complexity index is 775. The van der Waals surface area contributed by atoms with E-state index < -0.39 is 0 Å². The number of piperidine rings is 1. The maximum Gasteiger partial charge on any atom is 0.225 e. The van der Waals surface area contributed by atoms with E-state index in [1.807, 2.05) is 4.90 Å². The Morgan fingerprint density at radius 1 is 1.60 bits per heavy atom. The van der Waals surface area contributed by atoms with Gasteiger partial charge in [0, 0.05) is 19.3 Å². The van der Waals surface area contributed by atoms with Crippen molar-refractivity contribution in [1.82, 2.24) is 15.0 Å². The predicted octanol–water partition coefficient (Wildman–Crippen LogP) is 0.141. The Labute approximate surface area is 114 Å². The average molecular weight is 268 g/mol. The lowest BCUT2D eigenvalue weighted by atomic mass is 10.1. The molecule has 2 aromatic heterocycles. The normalized spacial score (nSPS) is 27.4. The highest BCUT2D eigenvalue weighted by Crippen LogP contribution is 2.58. The highest BCUT2D eigenvalue weighted by Gasteiger charge is 2.64. The van der Waals surface area contributed by atoms with E-state index in [4.69, 9.17) is 5.73 Å². The number of nitriles is 1. The van der Waals surface area contributed by atoms with Crippen molar-refractivity contribution in [2.45, 2.75) is 6.42 Å². The predicted molar refractivity (Wildman–Crippen MR) is 70.6 cm³/mol. The van der Waals surface area contributed by atoms with Crippen LogP contribution in [0.1, 0.15) is 12.0 Å². The van der Waals surface area contributed by atoms with Gasteiger partial charge in [0.1, 0.15) is 23.9 Å². The number of H-pyrrole nitrogens is 1. The number of amides is 1. The van der Waals surface area contributed by atoms with Crippen LogP contribution in [0.25, 0.3) is 11.0 Å². The number of hydrogen-bond donors (Lipinski definition) is 2. The zero-order valence-corrected chi connectivity index (χ0v) is 10.6. The van der Waals surface area contributed by atoms with Crippen molar-refractivity contribution in [2.24, 2.45) is 17.1 Å². The van der Waals surface area contributed by atoms with Gasteiger partial charge in [0.2, 0.25) is 5.91 Å². The lowest BCUT2D eigenvalue weighted by Crippen LogP contribution is -2.33. The molecule has 1 saturated heterocycles. The van der Waals surface area contributed by atoms with Crippen LogP contribution in [0.2, 0.25) is 0 Å². The summed E-state index contributed by atoms with van der Waals surface area (Å²) in [5.41, 5.74) is 6.27. The number of carbonyl (C=O) groups is 1. The third-order valence-corrected chi connectivity index (χ3v) is 4.51. The molecule has 0 radical (unpaired) electrons. The molecule has 1 saturated carbocycles. The molecule has 2 aromatic rings. The second-order valence-electron chi connectivity index (χ2n) is 5.54. The molecule has 100 valence electrons. The molecule has 0 bridgehead atoms. The van der Waals surface area contributed by atoms with Crippen LogP contribution in [0, 0.1) is 22.7 Å². The number of fused-ring (bicyclic) bond motifs is 2. The standard InChI is InChI=1S/C13H12N6O/c14-2-7-3-16-10-9(7)11(18-6-17-10)19-4-8-1-13(8,5-19)12(15)20/h3,6,8H,1,4-5H2,(H2,15,20)(H,16,17,18). The molecule has 2 aliphatic rings. The number of rotatable bonds is 2. The molecule has 1 amide bonds. The molecule has 2 unspecified atom stereocenters. The zero-order chi connectivity index (χ0) is 13.9. The molecule has 7 nitrogen and oxygen atoms in total. The summed E-state index contributed by atoms with van der Waals surface area (Å²) in [6, 6.07) is 2.14. The monoisotopic (exact) mass is 268 g/mol. The van der Waals surface area contributed by atoms with Gasteiger partial charge in [-0.2, -0.15) is 5.26 Å². The first-order chi connectivity index (χ1) is 9.65. The van der Waals surface area contributed by atoms with Crippen molar-refractivity contribution in [3.8, 4) is 6.07 Å². The van der Waals surface area contributed by atoms with Gasteiger partial charge in [-0.15, -0.1) is 0 Å². The SMILES string of the molecule is N#Cc1c[nH]c2ncnc(N3CC4CC4(C(N)=O)C3)c12. The molecule has 0 aromatic carbocycles. The van der Waals surface area contributed by atoms with Gasteiger partial charge in [0.05, 0.1) is 16.4 Å². The summed E-state index contributed by atoms with van der Waals surface area (Å²) < 4.78 is 0. The summed E-state index contributed by atoms with van der Waals surface area (Å²) in [4.78, 5) is 25.0. The third kappa shape index (κ3) is 1.25. The van der Waals surface area contributed by atoms with Gasteiger partial charge in [-0.1, -0.05) is 0 Å². The maximum atomic E-state index is 11.6. The molecule has 2 atom stereocenters. The molecule has 1 aliphatic heterocycles. The number of aromatic nitrogens is 3. The van der Waals surface area contributed by atoms with Crippen molar-refractivity contribution >= 4 is 22.8 Å². The Kier molecular flexibility index (Phi) is 1.95. The number of carbonyl (C=O) groups excluding carboxylic acids is 1. The van der Waals surface area contributed by atoms with Gasteiger partial charge < -0.3 is 15.6 Å². The number of nitrogens with two attached hydrogens (primary N) is 1. The molecular formula is C13H12N6O. The maximum absolute atomic E-state index is 11.6. The minimum atomic E-state index is -0.389. The van der Waals surface area contributed by atoms with Crippen LogP contribution in [0.4, 0.5) is 5.82 Å². The van der Waals surface area contributed by atoms with Crippen LogP contribution in [0.5, 0.6) is 0 Å². The van der Waals surface area contributed by atoms with E-state index >= 15 is 0 Å². The van der Waals surface area contributed by atoms with E-state index in [1.54, 1.807) is 6.20 Å². The summed E-state index contributed by atoms with van der Waals surface area (Å²) in [6.07, 6.45) is 3.96. The lowest BCUT2D eigenvalue weighted by Gasteiger charge is -2.21. The van der Waals surface area contributed by atoms with Crippen LogP contribution >= 0.6 is 0 Å². The van der Waals surface area contributed by atoms with E-state index in [1.165, 1.54) is 6.33 Å². The Hall–Kier alpha value is -2.62. The van der Waals surface area contributed by atoms with Crippen molar-refractivity contribution in [3.05, 3.63) is 18.1 Å². The first-order valence-corrected chi connectivity index (χ1v) is 6.43. The zero-order valence-electron chi connectivity index (χ0n) is 10.6.